The monoisotopic (exact) mass is 313 g/mol. The van der Waals surface area contributed by atoms with Gasteiger partial charge in [-0.2, -0.15) is 0 Å². The quantitative estimate of drug-likeness (QED) is 0.745. The zero-order valence-corrected chi connectivity index (χ0v) is 13.1. The molecule has 0 spiro atoms. The number of rotatable bonds is 4. The molecule has 0 saturated carbocycles. The van der Waals surface area contributed by atoms with Gasteiger partial charge in [0.15, 0.2) is 5.82 Å². The van der Waals surface area contributed by atoms with Crippen LogP contribution in [-0.2, 0) is 4.79 Å². The summed E-state index contributed by atoms with van der Waals surface area (Å²) in [7, 11) is 0. The summed E-state index contributed by atoms with van der Waals surface area (Å²) >= 11 is 1.41. The van der Waals surface area contributed by atoms with E-state index in [0.29, 0.717) is 11.6 Å². The molecular weight excluding hydrogens is 298 g/mol. The molecule has 0 aliphatic carbocycles. The molecule has 0 aliphatic rings. The molecule has 0 unspecified atom stereocenters. The van der Waals surface area contributed by atoms with Crippen LogP contribution in [0.5, 0.6) is 0 Å². The fraction of sp³-hybridized carbons (Fsp3) is 0.188. The van der Waals surface area contributed by atoms with Crippen molar-refractivity contribution in [1.82, 2.24) is 10.1 Å². The SMILES string of the molecule is Cc1cc(NC(=O)[C@@H](C)Sc2ccc3ccccc3n2)no1. The normalized spacial score (nSPS) is 12.3. The number of pyridine rings is 1. The molecule has 1 atom stereocenters. The van der Waals surface area contributed by atoms with Crippen molar-refractivity contribution >= 4 is 34.4 Å². The van der Waals surface area contributed by atoms with Crippen molar-refractivity contribution in [1.29, 1.82) is 0 Å². The molecule has 0 fully saturated rings. The summed E-state index contributed by atoms with van der Waals surface area (Å²) < 4.78 is 4.93. The molecule has 112 valence electrons. The Morgan fingerprint density at radius 3 is 2.86 bits per heavy atom. The molecule has 0 aliphatic heterocycles. The Bertz CT molecular complexity index is 816. The van der Waals surface area contributed by atoms with Gasteiger partial charge in [0, 0.05) is 11.5 Å². The van der Waals surface area contributed by atoms with Crippen molar-refractivity contribution in [3.8, 4) is 0 Å². The third-order valence-electron chi connectivity index (χ3n) is 3.12. The molecule has 22 heavy (non-hydrogen) atoms. The lowest BCUT2D eigenvalue weighted by Gasteiger charge is -2.10. The molecule has 1 aromatic carbocycles. The van der Waals surface area contributed by atoms with Crippen LogP contribution >= 0.6 is 11.8 Å². The van der Waals surface area contributed by atoms with Crippen molar-refractivity contribution in [2.45, 2.75) is 24.1 Å². The predicted molar refractivity (Wildman–Crippen MR) is 86.9 cm³/mol. The lowest BCUT2D eigenvalue weighted by molar-refractivity contribution is -0.115. The number of aryl methyl sites for hydroxylation is 1. The number of aromatic nitrogens is 2. The van der Waals surface area contributed by atoms with Crippen molar-refractivity contribution in [2.75, 3.05) is 5.32 Å². The number of hydrogen-bond donors (Lipinski definition) is 1. The Morgan fingerprint density at radius 1 is 1.27 bits per heavy atom. The first-order valence-corrected chi connectivity index (χ1v) is 7.76. The number of carbonyl (C=O) groups excluding carboxylic acids is 1. The Morgan fingerprint density at radius 2 is 2.09 bits per heavy atom. The molecule has 6 heteroatoms. The summed E-state index contributed by atoms with van der Waals surface area (Å²) in [5.74, 6) is 0.960. The van der Waals surface area contributed by atoms with E-state index in [-0.39, 0.29) is 11.2 Å². The number of nitrogens with one attached hydrogen (secondary N) is 1. The average molecular weight is 313 g/mol. The summed E-state index contributed by atoms with van der Waals surface area (Å²) in [5, 5.41) is 8.10. The Hall–Kier alpha value is -2.34. The van der Waals surface area contributed by atoms with Crippen LogP contribution in [0.15, 0.2) is 52.0 Å². The van der Waals surface area contributed by atoms with Crippen LogP contribution in [0.3, 0.4) is 0 Å². The number of fused-ring (bicyclic) bond motifs is 1. The standard InChI is InChI=1S/C16H15N3O2S/c1-10-9-14(19-21-10)18-16(20)11(2)22-15-8-7-12-5-3-4-6-13(12)17-15/h3-9,11H,1-2H3,(H,18,19,20)/t11-/m1/s1. The van der Waals surface area contributed by atoms with Crippen molar-refractivity contribution in [3.05, 3.63) is 48.2 Å². The van der Waals surface area contributed by atoms with Crippen LogP contribution in [0.2, 0.25) is 0 Å². The number of thioether (sulfide) groups is 1. The summed E-state index contributed by atoms with van der Waals surface area (Å²) in [5.41, 5.74) is 0.923. The second-order valence-corrected chi connectivity index (χ2v) is 6.28. The number of nitrogens with zero attached hydrogens (tertiary/aromatic N) is 2. The van der Waals surface area contributed by atoms with Gasteiger partial charge in [-0.15, -0.1) is 0 Å². The highest BCUT2D eigenvalue weighted by Gasteiger charge is 2.16. The molecule has 2 heterocycles. The maximum Gasteiger partial charge on any atom is 0.238 e. The third kappa shape index (κ3) is 3.28. The summed E-state index contributed by atoms with van der Waals surface area (Å²) in [4.78, 5) is 16.7. The van der Waals surface area contributed by atoms with Gasteiger partial charge >= 0.3 is 0 Å². The zero-order chi connectivity index (χ0) is 15.5. The zero-order valence-electron chi connectivity index (χ0n) is 12.2. The van der Waals surface area contributed by atoms with E-state index < -0.39 is 0 Å². The van der Waals surface area contributed by atoms with E-state index >= 15 is 0 Å². The maximum absolute atomic E-state index is 12.1. The first-order chi connectivity index (χ1) is 10.6. The molecule has 0 bridgehead atoms. The van der Waals surface area contributed by atoms with E-state index in [9.17, 15) is 4.79 Å². The molecule has 3 aromatic rings. The minimum atomic E-state index is -0.286. The fourth-order valence-electron chi connectivity index (χ4n) is 2.00. The minimum Gasteiger partial charge on any atom is -0.360 e. The lowest BCUT2D eigenvalue weighted by Crippen LogP contribution is -2.22. The van der Waals surface area contributed by atoms with Crippen LogP contribution in [0.4, 0.5) is 5.82 Å². The molecule has 0 saturated heterocycles. The molecular formula is C16H15N3O2S. The second-order valence-electron chi connectivity index (χ2n) is 4.91. The molecule has 1 N–H and O–H groups in total. The first-order valence-electron chi connectivity index (χ1n) is 6.88. The van der Waals surface area contributed by atoms with E-state index in [1.54, 1.807) is 13.0 Å². The maximum atomic E-state index is 12.1. The highest BCUT2D eigenvalue weighted by Crippen LogP contribution is 2.24. The molecule has 5 nitrogen and oxygen atoms in total. The van der Waals surface area contributed by atoms with Gasteiger partial charge in [0.25, 0.3) is 0 Å². The summed E-state index contributed by atoms with van der Waals surface area (Å²) in [6.45, 7) is 3.61. The topological polar surface area (TPSA) is 68.0 Å². The van der Waals surface area contributed by atoms with Crippen LogP contribution in [-0.4, -0.2) is 21.3 Å². The van der Waals surface area contributed by atoms with Crippen LogP contribution in [0.25, 0.3) is 10.9 Å². The summed E-state index contributed by atoms with van der Waals surface area (Å²) in [6.07, 6.45) is 0. The van der Waals surface area contributed by atoms with Crippen molar-refractivity contribution in [3.63, 3.8) is 0 Å². The third-order valence-corrected chi connectivity index (χ3v) is 4.16. The first kappa shape index (κ1) is 14.6. The Balaban J connectivity index is 1.69. The molecule has 1 amide bonds. The minimum absolute atomic E-state index is 0.131. The van der Waals surface area contributed by atoms with Gasteiger partial charge in [-0.1, -0.05) is 41.2 Å². The Kier molecular flexibility index (Phi) is 4.11. The van der Waals surface area contributed by atoms with Crippen LogP contribution < -0.4 is 5.32 Å². The van der Waals surface area contributed by atoms with E-state index in [4.69, 9.17) is 4.52 Å². The van der Waals surface area contributed by atoms with Crippen LogP contribution in [0, 0.1) is 6.92 Å². The van der Waals surface area contributed by atoms with E-state index in [1.165, 1.54) is 11.8 Å². The molecule has 0 radical (unpaired) electrons. The molecule has 2 aromatic heterocycles. The highest BCUT2D eigenvalue weighted by molar-refractivity contribution is 8.00. The van der Waals surface area contributed by atoms with Gasteiger partial charge in [0.1, 0.15) is 5.76 Å². The highest BCUT2D eigenvalue weighted by atomic mass is 32.2. The number of anilines is 1. The van der Waals surface area contributed by atoms with Crippen molar-refractivity contribution in [2.24, 2.45) is 0 Å². The van der Waals surface area contributed by atoms with E-state index in [1.807, 2.05) is 43.3 Å². The smallest absolute Gasteiger partial charge is 0.238 e. The fourth-order valence-corrected chi connectivity index (χ4v) is 2.83. The number of hydrogen-bond acceptors (Lipinski definition) is 5. The summed E-state index contributed by atoms with van der Waals surface area (Å²) in [6, 6.07) is 13.5. The average Bonchev–Trinajstić information content (AvgIpc) is 2.92. The number of para-hydroxylation sites is 1. The van der Waals surface area contributed by atoms with E-state index in [2.05, 4.69) is 15.5 Å². The van der Waals surface area contributed by atoms with E-state index in [0.717, 1.165) is 15.9 Å². The van der Waals surface area contributed by atoms with Gasteiger partial charge in [-0.05, 0) is 26.0 Å². The molecule has 3 rings (SSSR count). The van der Waals surface area contributed by atoms with Gasteiger partial charge in [-0.3, -0.25) is 4.79 Å². The van der Waals surface area contributed by atoms with Gasteiger partial charge in [0.2, 0.25) is 5.91 Å². The largest absolute Gasteiger partial charge is 0.360 e. The van der Waals surface area contributed by atoms with Crippen LogP contribution in [0.1, 0.15) is 12.7 Å². The van der Waals surface area contributed by atoms with Gasteiger partial charge < -0.3 is 9.84 Å². The second kappa shape index (κ2) is 6.19. The number of amides is 1. The lowest BCUT2D eigenvalue weighted by atomic mass is 10.2. The predicted octanol–water partition coefficient (Wildman–Crippen LogP) is 3.65. The number of benzene rings is 1. The van der Waals surface area contributed by atoms with Gasteiger partial charge in [-0.25, -0.2) is 4.98 Å². The van der Waals surface area contributed by atoms with Gasteiger partial charge in [0.05, 0.1) is 15.8 Å². The van der Waals surface area contributed by atoms with Crippen molar-refractivity contribution < 1.29 is 9.32 Å². The Labute approximate surface area is 132 Å². The number of carbonyl (C=O) groups is 1.